The van der Waals surface area contributed by atoms with E-state index in [9.17, 15) is 0 Å². The van der Waals surface area contributed by atoms with Gasteiger partial charge in [-0.3, -0.25) is 0 Å². The molecule has 0 radical (unpaired) electrons. The molecule has 1 aliphatic heterocycles. The predicted molar refractivity (Wildman–Crippen MR) is 125 cm³/mol. The summed E-state index contributed by atoms with van der Waals surface area (Å²) in [5.41, 5.74) is 3.25. The van der Waals surface area contributed by atoms with E-state index < -0.39 is 0 Å². The van der Waals surface area contributed by atoms with E-state index in [0.29, 0.717) is 11.9 Å². The van der Waals surface area contributed by atoms with Gasteiger partial charge in [-0.15, -0.1) is 0 Å². The van der Waals surface area contributed by atoms with Crippen LogP contribution < -0.4 is 15.0 Å². The number of nitrogens with zero attached hydrogens (tertiary/aromatic N) is 5. The van der Waals surface area contributed by atoms with E-state index in [-0.39, 0.29) is 0 Å². The van der Waals surface area contributed by atoms with Crippen LogP contribution in [-0.2, 0) is 6.42 Å². The highest BCUT2D eigenvalue weighted by atomic mass is 16.5. The highest BCUT2D eigenvalue weighted by molar-refractivity contribution is 5.40. The molecule has 1 saturated heterocycles. The maximum atomic E-state index is 6.07. The first-order chi connectivity index (χ1) is 15.7. The Morgan fingerprint density at radius 2 is 1.91 bits per heavy atom. The molecular weight excluding hydrogens is 400 g/mol. The number of benzene rings is 2. The summed E-state index contributed by atoms with van der Waals surface area (Å²) >= 11 is 0. The molecule has 0 amide bonds. The highest BCUT2D eigenvalue weighted by Gasteiger charge is 2.22. The number of aryl methyl sites for hydroxylation is 1. The van der Waals surface area contributed by atoms with Crippen molar-refractivity contribution in [3.8, 4) is 17.3 Å². The third-order valence-corrected chi connectivity index (χ3v) is 5.54. The molecule has 0 bridgehead atoms. The van der Waals surface area contributed by atoms with Gasteiger partial charge in [0, 0.05) is 55.5 Å². The number of hydrogen-bond acceptors (Lipinski definition) is 6. The van der Waals surface area contributed by atoms with Crippen molar-refractivity contribution >= 4 is 5.95 Å². The highest BCUT2D eigenvalue weighted by Crippen LogP contribution is 2.24. The Morgan fingerprint density at radius 3 is 2.69 bits per heavy atom. The maximum Gasteiger partial charge on any atom is 0.228 e. The molecule has 2 aromatic heterocycles. The standard InChI is InChI=1S/C25H26N6O/c1-19-15-24(32-23-9-7-22(8-10-23)31-13-11-26-18-31)29-25(28-19)30-14-12-27-21(17-30)16-20-5-3-2-4-6-20/h2-11,13,15,18,21,27H,12,14,16-17H2,1H3/t21-/m0/s1. The SMILES string of the molecule is Cc1cc(Oc2ccc(-n3ccnc3)cc2)nc(N2CCN[C@@H](Cc3ccccc3)C2)n1. The predicted octanol–water partition coefficient (Wildman–Crippen LogP) is 3.78. The molecule has 1 fully saturated rings. The molecule has 1 atom stereocenters. The van der Waals surface area contributed by atoms with Crippen molar-refractivity contribution in [2.45, 2.75) is 19.4 Å². The lowest BCUT2D eigenvalue weighted by Crippen LogP contribution is -2.52. The van der Waals surface area contributed by atoms with Crippen LogP contribution in [0.4, 0.5) is 5.95 Å². The Balaban J connectivity index is 1.29. The van der Waals surface area contributed by atoms with Gasteiger partial charge in [0.15, 0.2) is 0 Å². The van der Waals surface area contributed by atoms with Crippen LogP contribution in [-0.4, -0.2) is 45.2 Å². The normalized spacial score (nSPS) is 16.2. The van der Waals surface area contributed by atoms with Gasteiger partial charge in [0.2, 0.25) is 11.8 Å². The molecule has 4 aromatic rings. The lowest BCUT2D eigenvalue weighted by atomic mass is 10.0. The van der Waals surface area contributed by atoms with Crippen molar-refractivity contribution < 1.29 is 4.74 Å². The Kier molecular flexibility index (Phi) is 5.81. The summed E-state index contributed by atoms with van der Waals surface area (Å²) in [5.74, 6) is 2.01. The van der Waals surface area contributed by atoms with Gasteiger partial charge in [0.25, 0.3) is 0 Å². The average molecular weight is 427 g/mol. The Labute approximate surface area is 187 Å². The summed E-state index contributed by atoms with van der Waals surface area (Å²) < 4.78 is 8.02. The molecule has 2 aromatic carbocycles. The van der Waals surface area contributed by atoms with Crippen LogP contribution in [0.3, 0.4) is 0 Å². The van der Waals surface area contributed by atoms with Crippen molar-refractivity contribution in [3.05, 3.63) is 90.6 Å². The van der Waals surface area contributed by atoms with E-state index in [1.807, 2.05) is 48.0 Å². The van der Waals surface area contributed by atoms with Crippen molar-refractivity contribution in [1.82, 2.24) is 24.8 Å². The van der Waals surface area contributed by atoms with Crippen molar-refractivity contribution in [2.24, 2.45) is 0 Å². The van der Waals surface area contributed by atoms with Crippen LogP contribution in [0.5, 0.6) is 11.6 Å². The second-order valence-electron chi connectivity index (χ2n) is 8.00. The number of ether oxygens (including phenoxy) is 1. The molecule has 0 saturated carbocycles. The van der Waals surface area contributed by atoms with E-state index in [4.69, 9.17) is 9.72 Å². The molecule has 5 rings (SSSR count). The van der Waals surface area contributed by atoms with Crippen LogP contribution >= 0.6 is 0 Å². The summed E-state index contributed by atoms with van der Waals surface area (Å²) in [6, 6.07) is 20.7. The summed E-state index contributed by atoms with van der Waals surface area (Å²) in [7, 11) is 0. The molecule has 3 heterocycles. The van der Waals surface area contributed by atoms with E-state index in [0.717, 1.165) is 49.1 Å². The fraction of sp³-hybridized carbons (Fsp3) is 0.240. The molecular formula is C25H26N6O. The van der Waals surface area contributed by atoms with Crippen LogP contribution in [0, 0.1) is 6.92 Å². The average Bonchev–Trinajstić information content (AvgIpc) is 3.35. The number of piperazine rings is 1. The summed E-state index contributed by atoms with van der Waals surface area (Å²) in [6.45, 7) is 4.61. The van der Waals surface area contributed by atoms with E-state index in [1.54, 1.807) is 12.5 Å². The Bertz CT molecular complexity index is 1150. The van der Waals surface area contributed by atoms with Gasteiger partial charge in [0.05, 0.1) is 6.33 Å². The van der Waals surface area contributed by atoms with E-state index in [1.165, 1.54) is 5.56 Å². The van der Waals surface area contributed by atoms with E-state index >= 15 is 0 Å². The fourth-order valence-corrected chi connectivity index (χ4v) is 3.98. The topological polar surface area (TPSA) is 68.1 Å². The molecule has 7 nitrogen and oxygen atoms in total. The Hall–Kier alpha value is -3.71. The van der Waals surface area contributed by atoms with Crippen molar-refractivity contribution in [1.29, 1.82) is 0 Å². The molecule has 0 aliphatic carbocycles. The summed E-state index contributed by atoms with van der Waals surface area (Å²) in [4.78, 5) is 15.7. The second-order valence-corrected chi connectivity index (χ2v) is 8.00. The Morgan fingerprint density at radius 1 is 1.06 bits per heavy atom. The smallest absolute Gasteiger partial charge is 0.228 e. The summed E-state index contributed by atoms with van der Waals surface area (Å²) in [5, 5.41) is 3.62. The van der Waals surface area contributed by atoms with Gasteiger partial charge < -0.3 is 19.5 Å². The molecule has 7 heteroatoms. The zero-order valence-electron chi connectivity index (χ0n) is 18.1. The minimum atomic E-state index is 0.357. The molecule has 32 heavy (non-hydrogen) atoms. The van der Waals surface area contributed by atoms with Crippen molar-refractivity contribution in [3.63, 3.8) is 0 Å². The monoisotopic (exact) mass is 426 g/mol. The van der Waals surface area contributed by atoms with Gasteiger partial charge in [-0.1, -0.05) is 30.3 Å². The number of hydrogen-bond donors (Lipinski definition) is 1. The minimum absolute atomic E-state index is 0.357. The van der Waals surface area contributed by atoms with Crippen LogP contribution in [0.15, 0.2) is 79.4 Å². The molecule has 1 N–H and O–H groups in total. The van der Waals surface area contributed by atoms with Gasteiger partial charge in [-0.2, -0.15) is 4.98 Å². The van der Waals surface area contributed by atoms with Crippen LogP contribution in [0.1, 0.15) is 11.3 Å². The van der Waals surface area contributed by atoms with Crippen LogP contribution in [0.25, 0.3) is 5.69 Å². The van der Waals surface area contributed by atoms with Crippen molar-refractivity contribution in [2.75, 3.05) is 24.5 Å². The zero-order valence-corrected chi connectivity index (χ0v) is 18.1. The number of rotatable bonds is 6. The van der Waals surface area contributed by atoms with Gasteiger partial charge in [-0.25, -0.2) is 9.97 Å². The molecule has 0 unspecified atom stereocenters. The first-order valence-electron chi connectivity index (χ1n) is 10.9. The van der Waals surface area contributed by atoms with Crippen LogP contribution in [0.2, 0.25) is 0 Å². The third-order valence-electron chi connectivity index (χ3n) is 5.54. The number of aromatic nitrogens is 4. The maximum absolute atomic E-state index is 6.07. The largest absolute Gasteiger partial charge is 0.439 e. The minimum Gasteiger partial charge on any atom is -0.439 e. The fourth-order valence-electron chi connectivity index (χ4n) is 3.98. The molecule has 0 spiro atoms. The molecule has 1 aliphatic rings. The lowest BCUT2D eigenvalue weighted by Gasteiger charge is -2.34. The number of anilines is 1. The second kappa shape index (κ2) is 9.20. The zero-order chi connectivity index (χ0) is 21.8. The quantitative estimate of drug-likeness (QED) is 0.506. The lowest BCUT2D eigenvalue weighted by molar-refractivity contribution is 0.440. The van der Waals surface area contributed by atoms with Gasteiger partial charge in [0.1, 0.15) is 5.75 Å². The van der Waals surface area contributed by atoms with E-state index in [2.05, 4.69) is 50.5 Å². The number of nitrogens with one attached hydrogen (secondary N) is 1. The first-order valence-corrected chi connectivity index (χ1v) is 10.9. The van der Waals surface area contributed by atoms with Gasteiger partial charge >= 0.3 is 0 Å². The number of imidazole rings is 1. The molecule has 162 valence electrons. The van der Waals surface area contributed by atoms with Gasteiger partial charge in [-0.05, 0) is 43.2 Å². The third kappa shape index (κ3) is 4.78. The summed E-state index contributed by atoms with van der Waals surface area (Å²) in [6.07, 6.45) is 6.43. The first kappa shape index (κ1) is 20.2.